The summed E-state index contributed by atoms with van der Waals surface area (Å²) < 4.78 is 0. The molecule has 1 heteroatoms. The van der Waals surface area contributed by atoms with Crippen molar-refractivity contribution in [3.8, 4) is 77.9 Å². The molecule has 12 aromatic carbocycles. The van der Waals surface area contributed by atoms with E-state index in [2.05, 4.69) is 290 Å². The fourth-order valence-electron chi connectivity index (χ4n) is 10.0. The van der Waals surface area contributed by atoms with Gasteiger partial charge in [-0.1, -0.05) is 237 Å². The molecule has 0 radical (unpaired) electrons. The predicted octanol–water partition coefficient (Wildman–Crippen LogP) is 19.1. The first-order valence-electron chi connectivity index (χ1n) is 23.7. The third-order valence-corrected chi connectivity index (χ3v) is 13.5. The van der Waals surface area contributed by atoms with E-state index in [9.17, 15) is 0 Å². The molecule has 0 amide bonds. The van der Waals surface area contributed by atoms with Crippen LogP contribution < -0.4 is 4.90 Å². The topological polar surface area (TPSA) is 3.24 Å². The van der Waals surface area contributed by atoms with E-state index in [1.165, 1.54) is 77.2 Å². The number of nitrogens with zero attached hydrogens (tertiary/aromatic N) is 1. The van der Waals surface area contributed by atoms with E-state index in [0.29, 0.717) is 0 Å². The van der Waals surface area contributed by atoms with Crippen molar-refractivity contribution in [2.24, 2.45) is 0 Å². The molecule has 0 heterocycles. The molecular weight excluding hydrogens is 831 g/mol. The first-order valence-corrected chi connectivity index (χ1v) is 23.7. The lowest BCUT2D eigenvalue weighted by Crippen LogP contribution is -2.11. The largest absolute Gasteiger partial charge is 0.310 e. The van der Waals surface area contributed by atoms with Crippen LogP contribution in [0.2, 0.25) is 0 Å². The Morgan fingerprint density at radius 3 is 1.19 bits per heavy atom. The highest BCUT2D eigenvalue weighted by atomic mass is 15.1. The molecule has 0 N–H and O–H groups in total. The molecule has 0 saturated heterocycles. The Morgan fingerprint density at radius 2 is 0.594 bits per heavy atom. The van der Waals surface area contributed by atoms with Crippen molar-refractivity contribution in [1.29, 1.82) is 0 Å². The Bertz CT molecular complexity index is 3730. The second kappa shape index (κ2) is 18.3. The number of rotatable bonds is 10. The smallest absolute Gasteiger partial charge is 0.0546 e. The van der Waals surface area contributed by atoms with Crippen LogP contribution in [0, 0.1) is 0 Å². The third kappa shape index (κ3) is 8.18. The Morgan fingerprint density at radius 1 is 0.188 bits per heavy atom. The van der Waals surface area contributed by atoms with Gasteiger partial charge in [-0.3, -0.25) is 0 Å². The molecular formula is C68H47N. The monoisotopic (exact) mass is 877 g/mol. The van der Waals surface area contributed by atoms with Gasteiger partial charge in [-0.2, -0.15) is 0 Å². The van der Waals surface area contributed by atoms with Crippen molar-refractivity contribution in [3.63, 3.8) is 0 Å². The summed E-state index contributed by atoms with van der Waals surface area (Å²) in [5.74, 6) is 0. The fraction of sp³-hybridized carbons (Fsp3) is 0. The molecule has 0 aliphatic carbocycles. The molecule has 0 aliphatic heterocycles. The van der Waals surface area contributed by atoms with Crippen LogP contribution in [-0.2, 0) is 0 Å². The lowest BCUT2D eigenvalue weighted by atomic mass is 9.90. The van der Waals surface area contributed by atoms with Gasteiger partial charge in [0.15, 0.2) is 0 Å². The van der Waals surface area contributed by atoms with Gasteiger partial charge in [0.1, 0.15) is 0 Å². The van der Waals surface area contributed by atoms with Crippen LogP contribution in [0.15, 0.2) is 285 Å². The van der Waals surface area contributed by atoms with Gasteiger partial charge in [0, 0.05) is 16.9 Å². The predicted molar refractivity (Wildman–Crippen MR) is 294 cm³/mol. The lowest BCUT2D eigenvalue weighted by molar-refractivity contribution is 1.28. The maximum atomic E-state index is 2.44. The maximum Gasteiger partial charge on any atom is 0.0546 e. The van der Waals surface area contributed by atoms with Gasteiger partial charge in [0.2, 0.25) is 0 Å². The maximum absolute atomic E-state index is 2.44. The van der Waals surface area contributed by atoms with Crippen molar-refractivity contribution in [3.05, 3.63) is 285 Å². The standard InChI is InChI=1S/C68H47N/c1-5-18-48(19-6-1)54-27-17-28-55(44-54)49-32-38-59(39-33-49)69(60-40-34-50(35-41-60)56-36-42-62(51-20-7-2-8-21-51)66(45-56)53-24-11-4-12-25-53)68-47-58(37-43-63(68)52-22-9-3-10-23-52)67-46-57-26-13-14-29-61(57)64-30-15-16-31-65(64)67/h1-47H. The zero-order chi connectivity index (χ0) is 45.9. The van der Waals surface area contributed by atoms with Gasteiger partial charge in [0.25, 0.3) is 0 Å². The van der Waals surface area contributed by atoms with Gasteiger partial charge < -0.3 is 4.90 Å². The zero-order valence-electron chi connectivity index (χ0n) is 38.1. The van der Waals surface area contributed by atoms with E-state index in [-0.39, 0.29) is 0 Å². The van der Waals surface area contributed by atoms with Crippen molar-refractivity contribution in [1.82, 2.24) is 0 Å². The molecule has 12 aromatic rings. The summed E-state index contributed by atoms with van der Waals surface area (Å²) in [6, 6.07) is 104. The van der Waals surface area contributed by atoms with Crippen LogP contribution in [0.3, 0.4) is 0 Å². The number of fused-ring (bicyclic) bond motifs is 3. The molecule has 0 saturated carbocycles. The Labute approximate surface area is 404 Å². The van der Waals surface area contributed by atoms with Crippen LogP contribution in [-0.4, -0.2) is 0 Å². The number of hydrogen-bond donors (Lipinski definition) is 0. The first kappa shape index (κ1) is 41.4. The van der Waals surface area contributed by atoms with Crippen molar-refractivity contribution in [2.45, 2.75) is 0 Å². The molecule has 69 heavy (non-hydrogen) atoms. The van der Waals surface area contributed by atoms with Crippen LogP contribution in [0.25, 0.3) is 99.4 Å². The molecule has 0 spiro atoms. The van der Waals surface area contributed by atoms with E-state index in [0.717, 1.165) is 39.3 Å². The normalized spacial score (nSPS) is 11.2. The molecule has 0 atom stereocenters. The van der Waals surface area contributed by atoms with Crippen LogP contribution in [0.4, 0.5) is 17.1 Å². The molecule has 0 fully saturated rings. The lowest BCUT2D eigenvalue weighted by Gasteiger charge is -2.29. The summed E-state index contributed by atoms with van der Waals surface area (Å²) in [7, 11) is 0. The van der Waals surface area contributed by atoms with E-state index in [1.807, 2.05) is 0 Å². The van der Waals surface area contributed by atoms with E-state index in [1.54, 1.807) is 0 Å². The average Bonchev–Trinajstić information content (AvgIpc) is 3.44. The minimum absolute atomic E-state index is 1.07. The SMILES string of the molecule is c1ccc(-c2cccc(-c3ccc(N(c4ccc(-c5ccc(-c6ccccc6)c(-c6ccccc6)c5)cc4)c4cc(-c5cc6ccccc6c6ccccc56)ccc4-c4ccccc4)cc3)c2)cc1. The summed E-state index contributed by atoms with van der Waals surface area (Å²) in [6.07, 6.45) is 0. The minimum atomic E-state index is 1.07. The molecule has 324 valence electrons. The molecule has 0 aromatic heterocycles. The summed E-state index contributed by atoms with van der Waals surface area (Å²) in [6.45, 7) is 0. The third-order valence-electron chi connectivity index (χ3n) is 13.5. The van der Waals surface area contributed by atoms with Gasteiger partial charge in [-0.25, -0.2) is 0 Å². The highest BCUT2D eigenvalue weighted by molar-refractivity contribution is 6.14. The summed E-state index contributed by atoms with van der Waals surface area (Å²) in [5.41, 5.74) is 19.8. The van der Waals surface area contributed by atoms with Crippen LogP contribution >= 0.6 is 0 Å². The van der Waals surface area contributed by atoms with E-state index < -0.39 is 0 Å². The molecule has 1 nitrogen and oxygen atoms in total. The van der Waals surface area contributed by atoms with Gasteiger partial charge in [-0.15, -0.1) is 0 Å². The van der Waals surface area contributed by atoms with Crippen molar-refractivity contribution in [2.75, 3.05) is 4.90 Å². The second-order valence-electron chi connectivity index (χ2n) is 17.7. The Kier molecular flexibility index (Phi) is 11.0. The second-order valence-corrected chi connectivity index (χ2v) is 17.7. The molecule has 12 rings (SSSR count). The van der Waals surface area contributed by atoms with Gasteiger partial charge in [-0.05, 0) is 142 Å². The van der Waals surface area contributed by atoms with Crippen LogP contribution in [0.1, 0.15) is 0 Å². The van der Waals surface area contributed by atoms with E-state index in [4.69, 9.17) is 0 Å². The summed E-state index contributed by atoms with van der Waals surface area (Å²) in [5, 5.41) is 4.98. The summed E-state index contributed by atoms with van der Waals surface area (Å²) >= 11 is 0. The Hall–Kier alpha value is -9.04. The highest BCUT2D eigenvalue weighted by Gasteiger charge is 2.21. The Balaban J connectivity index is 1.02. The van der Waals surface area contributed by atoms with E-state index >= 15 is 0 Å². The number of benzene rings is 12. The fourth-order valence-corrected chi connectivity index (χ4v) is 10.0. The molecule has 0 unspecified atom stereocenters. The first-order chi connectivity index (χ1) is 34.2. The van der Waals surface area contributed by atoms with Crippen molar-refractivity contribution >= 4 is 38.6 Å². The minimum Gasteiger partial charge on any atom is -0.310 e. The zero-order valence-corrected chi connectivity index (χ0v) is 38.1. The average molecular weight is 878 g/mol. The quantitative estimate of drug-likeness (QED) is 0.124. The van der Waals surface area contributed by atoms with Crippen LogP contribution in [0.5, 0.6) is 0 Å². The van der Waals surface area contributed by atoms with Gasteiger partial charge >= 0.3 is 0 Å². The molecule has 0 aliphatic rings. The number of anilines is 3. The molecule has 0 bridgehead atoms. The summed E-state index contributed by atoms with van der Waals surface area (Å²) in [4.78, 5) is 2.44. The number of hydrogen-bond acceptors (Lipinski definition) is 1. The highest BCUT2D eigenvalue weighted by Crippen LogP contribution is 2.46. The van der Waals surface area contributed by atoms with Crippen molar-refractivity contribution < 1.29 is 0 Å². The van der Waals surface area contributed by atoms with Gasteiger partial charge in [0.05, 0.1) is 5.69 Å².